The van der Waals surface area contributed by atoms with Gasteiger partial charge in [0.25, 0.3) is 0 Å². The summed E-state index contributed by atoms with van der Waals surface area (Å²) in [6, 6.07) is 4.56. The number of hydrogen-bond donors (Lipinski definition) is 3. The Morgan fingerprint density at radius 1 is 1.43 bits per heavy atom. The highest BCUT2D eigenvalue weighted by molar-refractivity contribution is 7.86. The average molecular weight is 213 g/mol. The van der Waals surface area contributed by atoms with E-state index in [0.29, 0.717) is 16.6 Å². The molecule has 0 saturated heterocycles. The van der Waals surface area contributed by atoms with Crippen molar-refractivity contribution in [2.75, 3.05) is 5.73 Å². The van der Waals surface area contributed by atoms with Gasteiger partial charge in [-0.3, -0.25) is 9.65 Å². The van der Waals surface area contributed by atoms with E-state index in [1.807, 2.05) is 0 Å². The molecule has 4 N–H and O–H groups in total. The second kappa shape index (κ2) is 2.69. The van der Waals surface area contributed by atoms with Gasteiger partial charge in [0.2, 0.25) is 5.03 Å². The predicted molar refractivity (Wildman–Crippen MR) is 50.3 cm³/mol. The van der Waals surface area contributed by atoms with Gasteiger partial charge < -0.3 is 5.73 Å². The Kier molecular flexibility index (Phi) is 1.73. The molecule has 14 heavy (non-hydrogen) atoms. The molecular weight excluding hydrogens is 206 g/mol. The molecule has 0 saturated carbocycles. The van der Waals surface area contributed by atoms with Crippen LogP contribution in [0.2, 0.25) is 0 Å². The fourth-order valence-corrected chi connectivity index (χ4v) is 1.83. The van der Waals surface area contributed by atoms with Crippen molar-refractivity contribution in [1.29, 1.82) is 0 Å². The number of benzene rings is 1. The van der Waals surface area contributed by atoms with E-state index in [9.17, 15) is 8.42 Å². The molecule has 0 radical (unpaired) electrons. The molecule has 1 aromatic heterocycles. The second-order valence-corrected chi connectivity index (χ2v) is 4.15. The molecule has 1 aromatic carbocycles. The van der Waals surface area contributed by atoms with Gasteiger partial charge in [-0.25, -0.2) is 0 Å². The van der Waals surface area contributed by atoms with E-state index >= 15 is 0 Å². The number of hydrogen-bond acceptors (Lipinski definition) is 4. The van der Waals surface area contributed by atoms with Gasteiger partial charge in [-0.2, -0.15) is 13.5 Å². The molecule has 74 valence electrons. The summed E-state index contributed by atoms with van der Waals surface area (Å²) in [6.07, 6.45) is 0. The summed E-state index contributed by atoms with van der Waals surface area (Å²) in [5.74, 6) is 0. The van der Waals surface area contributed by atoms with Crippen molar-refractivity contribution in [3.8, 4) is 0 Å². The molecule has 2 rings (SSSR count). The summed E-state index contributed by atoms with van der Waals surface area (Å²) in [6.45, 7) is 0. The third-order valence-electron chi connectivity index (χ3n) is 1.80. The first-order chi connectivity index (χ1) is 6.48. The fraction of sp³-hybridized carbons (Fsp3) is 0. The van der Waals surface area contributed by atoms with Crippen LogP contribution >= 0.6 is 0 Å². The molecule has 0 bridgehead atoms. The van der Waals surface area contributed by atoms with Crippen LogP contribution in [-0.4, -0.2) is 23.2 Å². The van der Waals surface area contributed by atoms with Crippen molar-refractivity contribution in [1.82, 2.24) is 10.2 Å². The number of aromatic nitrogens is 2. The summed E-state index contributed by atoms with van der Waals surface area (Å²) >= 11 is 0. The molecule has 0 fully saturated rings. The number of H-pyrrole nitrogens is 1. The molecule has 6 nitrogen and oxygen atoms in total. The lowest BCUT2D eigenvalue weighted by atomic mass is 10.2. The quantitative estimate of drug-likeness (QED) is 0.469. The Balaban J connectivity index is 2.83. The maximum absolute atomic E-state index is 10.8. The van der Waals surface area contributed by atoms with Crippen LogP contribution in [0, 0.1) is 0 Å². The molecule has 1 heterocycles. The first kappa shape index (κ1) is 8.97. The van der Waals surface area contributed by atoms with Crippen LogP contribution in [0.5, 0.6) is 0 Å². The van der Waals surface area contributed by atoms with E-state index in [0.717, 1.165) is 0 Å². The van der Waals surface area contributed by atoms with Crippen LogP contribution in [0.3, 0.4) is 0 Å². The Hall–Kier alpha value is -1.60. The predicted octanol–water partition coefficient (Wildman–Crippen LogP) is 0.392. The second-order valence-electron chi connectivity index (χ2n) is 2.81. The summed E-state index contributed by atoms with van der Waals surface area (Å²) in [5, 5.41) is 5.89. The van der Waals surface area contributed by atoms with E-state index in [1.165, 1.54) is 18.2 Å². The van der Waals surface area contributed by atoms with Crippen LogP contribution in [0.15, 0.2) is 23.2 Å². The minimum absolute atomic E-state index is 0.321. The third-order valence-corrected chi connectivity index (χ3v) is 2.60. The van der Waals surface area contributed by atoms with Crippen LogP contribution in [0.25, 0.3) is 10.9 Å². The van der Waals surface area contributed by atoms with Gasteiger partial charge in [0.15, 0.2) is 0 Å². The zero-order valence-electron chi connectivity index (χ0n) is 6.93. The zero-order chi connectivity index (χ0) is 10.3. The molecule has 0 aliphatic heterocycles. The highest BCUT2D eigenvalue weighted by Crippen LogP contribution is 2.21. The smallest absolute Gasteiger partial charge is 0.314 e. The highest BCUT2D eigenvalue weighted by atomic mass is 32.2. The number of fused-ring (bicyclic) bond motifs is 1. The molecule has 0 aliphatic rings. The number of nitrogens with zero attached hydrogens (tertiary/aromatic N) is 1. The van der Waals surface area contributed by atoms with E-state index in [1.54, 1.807) is 0 Å². The minimum atomic E-state index is -4.28. The van der Waals surface area contributed by atoms with Gasteiger partial charge in [-0.05, 0) is 18.2 Å². The monoisotopic (exact) mass is 213 g/mol. The molecule has 0 amide bonds. The SMILES string of the molecule is Nc1ccc2c(S(=O)(=O)O)n[nH]c2c1. The van der Waals surface area contributed by atoms with Gasteiger partial charge in [0.05, 0.1) is 5.52 Å². The Bertz CT molecular complexity index is 587. The van der Waals surface area contributed by atoms with Gasteiger partial charge in [0, 0.05) is 11.1 Å². The van der Waals surface area contributed by atoms with Crippen molar-refractivity contribution in [3.05, 3.63) is 18.2 Å². The Morgan fingerprint density at radius 2 is 2.14 bits per heavy atom. The van der Waals surface area contributed by atoms with Crippen molar-refractivity contribution >= 4 is 26.7 Å². The lowest BCUT2D eigenvalue weighted by molar-refractivity contribution is 0.480. The number of nitrogen functional groups attached to an aromatic ring is 1. The third kappa shape index (κ3) is 1.32. The van der Waals surface area contributed by atoms with Gasteiger partial charge in [-0.15, -0.1) is 0 Å². The summed E-state index contributed by atoms with van der Waals surface area (Å²) in [7, 11) is -4.28. The number of anilines is 1. The first-order valence-corrected chi connectivity index (χ1v) is 5.13. The van der Waals surface area contributed by atoms with E-state index in [2.05, 4.69) is 10.2 Å². The number of aromatic amines is 1. The van der Waals surface area contributed by atoms with E-state index in [-0.39, 0.29) is 5.03 Å². The number of nitrogens with one attached hydrogen (secondary N) is 1. The maximum Gasteiger partial charge on any atom is 0.314 e. The lowest BCUT2D eigenvalue weighted by Gasteiger charge is -1.93. The minimum Gasteiger partial charge on any atom is -0.399 e. The number of nitrogens with two attached hydrogens (primary N) is 1. The van der Waals surface area contributed by atoms with Gasteiger partial charge in [-0.1, -0.05) is 0 Å². The zero-order valence-corrected chi connectivity index (χ0v) is 7.75. The largest absolute Gasteiger partial charge is 0.399 e. The van der Waals surface area contributed by atoms with E-state index < -0.39 is 10.1 Å². The fourth-order valence-electron chi connectivity index (χ4n) is 1.21. The van der Waals surface area contributed by atoms with Crippen molar-refractivity contribution < 1.29 is 13.0 Å². The summed E-state index contributed by atoms with van der Waals surface area (Å²) in [4.78, 5) is 0. The molecule has 7 heteroatoms. The van der Waals surface area contributed by atoms with Gasteiger partial charge in [0.1, 0.15) is 0 Å². The van der Waals surface area contributed by atoms with Crippen LogP contribution in [-0.2, 0) is 10.1 Å². The standard InChI is InChI=1S/C7H7N3O3S/c8-4-1-2-5-6(3-4)9-10-7(5)14(11,12)13/h1-3H,8H2,(H,9,10)(H,11,12,13). The average Bonchev–Trinajstić information content (AvgIpc) is 2.45. The van der Waals surface area contributed by atoms with Crippen molar-refractivity contribution in [2.45, 2.75) is 5.03 Å². The Morgan fingerprint density at radius 3 is 2.79 bits per heavy atom. The summed E-state index contributed by atoms with van der Waals surface area (Å²) in [5.41, 5.74) is 6.44. The van der Waals surface area contributed by atoms with Crippen LogP contribution < -0.4 is 5.73 Å². The van der Waals surface area contributed by atoms with Crippen molar-refractivity contribution in [2.24, 2.45) is 0 Å². The maximum atomic E-state index is 10.8. The molecule has 0 unspecified atom stereocenters. The molecule has 0 spiro atoms. The normalized spacial score (nSPS) is 12.1. The highest BCUT2D eigenvalue weighted by Gasteiger charge is 2.17. The lowest BCUT2D eigenvalue weighted by Crippen LogP contribution is -1.98. The molecule has 0 atom stereocenters. The van der Waals surface area contributed by atoms with Gasteiger partial charge >= 0.3 is 10.1 Å². The van der Waals surface area contributed by atoms with Crippen LogP contribution in [0.1, 0.15) is 0 Å². The summed E-state index contributed by atoms with van der Waals surface area (Å²) < 4.78 is 30.5. The van der Waals surface area contributed by atoms with Crippen LogP contribution in [0.4, 0.5) is 5.69 Å². The molecule has 0 aliphatic carbocycles. The first-order valence-electron chi connectivity index (χ1n) is 3.69. The Labute approximate surface area is 79.5 Å². The molecule has 2 aromatic rings. The topological polar surface area (TPSA) is 109 Å². The number of rotatable bonds is 1. The molecular formula is C7H7N3O3S. The van der Waals surface area contributed by atoms with Crippen molar-refractivity contribution in [3.63, 3.8) is 0 Å². The van der Waals surface area contributed by atoms with E-state index in [4.69, 9.17) is 10.3 Å².